The van der Waals surface area contributed by atoms with Crippen LogP contribution in [0.15, 0.2) is 84.9 Å². The van der Waals surface area contributed by atoms with E-state index in [1.54, 1.807) is 54.6 Å². The number of rotatable bonds is 8. The van der Waals surface area contributed by atoms with Crippen LogP contribution in [0.4, 0.5) is 0 Å². The Labute approximate surface area is 181 Å². The van der Waals surface area contributed by atoms with E-state index in [2.05, 4.69) is 6.92 Å². The summed E-state index contributed by atoms with van der Waals surface area (Å²) in [4.78, 5) is 0. The smallest absolute Gasteiger partial charge is 0.118 e. The van der Waals surface area contributed by atoms with Gasteiger partial charge < -0.3 is 15.3 Å². The minimum atomic E-state index is 0.322. The first-order chi connectivity index (χ1) is 14.6. The van der Waals surface area contributed by atoms with Crippen LogP contribution in [-0.4, -0.2) is 15.3 Å². The summed E-state index contributed by atoms with van der Waals surface area (Å²) in [5.41, 5.74) is 1.09. The first kappa shape index (κ1) is 25.1. The quantitative estimate of drug-likeness (QED) is 0.339. The minimum Gasteiger partial charge on any atom is -0.508 e. The topological polar surface area (TPSA) is 60.7 Å². The minimum absolute atomic E-state index is 0.322. The molecule has 0 spiro atoms. The van der Waals surface area contributed by atoms with Gasteiger partial charge in [-0.3, -0.25) is 0 Å². The fourth-order valence-corrected chi connectivity index (χ4v) is 2.85. The van der Waals surface area contributed by atoms with Crippen LogP contribution in [0.2, 0.25) is 0 Å². The highest BCUT2D eigenvalue weighted by molar-refractivity contribution is 5.31. The number of para-hydroxylation sites is 3. The van der Waals surface area contributed by atoms with Gasteiger partial charge in [0.05, 0.1) is 0 Å². The molecular weight excluding hydrogens is 372 g/mol. The number of phenols is 3. The van der Waals surface area contributed by atoms with Crippen molar-refractivity contribution >= 4 is 0 Å². The van der Waals surface area contributed by atoms with Crippen molar-refractivity contribution in [3.63, 3.8) is 0 Å². The van der Waals surface area contributed by atoms with Gasteiger partial charge in [-0.1, -0.05) is 100 Å². The zero-order valence-electron chi connectivity index (χ0n) is 18.1. The van der Waals surface area contributed by atoms with Gasteiger partial charge in [-0.05, 0) is 48.7 Å². The summed E-state index contributed by atoms with van der Waals surface area (Å²) in [5, 5.41) is 26.8. The highest BCUT2D eigenvalue weighted by Crippen LogP contribution is 2.18. The zero-order chi connectivity index (χ0) is 21.9. The SMILES string of the molecule is CCCCCCCCCc1ccccc1O.Oc1ccccc1.Oc1ccccc1. The van der Waals surface area contributed by atoms with Crippen LogP contribution in [0.3, 0.4) is 0 Å². The molecule has 162 valence electrons. The Morgan fingerprint density at radius 1 is 0.500 bits per heavy atom. The van der Waals surface area contributed by atoms with Gasteiger partial charge in [-0.25, -0.2) is 0 Å². The van der Waals surface area contributed by atoms with Gasteiger partial charge in [0.25, 0.3) is 0 Å². The molecule has 0 amide bonds. The Kier molecular flexibility index (Phi) is 14.2. The highest BCUT2D eigenvalue weighted by atomic mass is 16.3. The predicted molar refractivity (Wildman–Crippen MR) is 126 cm³/mol. The number of aromatic hydroxyl groups is 3. The fourth-order valence-electron chi connectivity index (χ4n) is 2.85. The molecule has 0 fully saturated rings. The van der Waals surface area contributed by atoms with Crippen LogP contribution in [0.5, 0.6) is 17.2 Å². The molecule has 0 saturated heterocycles. The number of aryl methyl sites for hydroxylation is 1. The van der Waals surface area contributed by atoms with Crippen LogP contribution < -0.4 is 0 Å². The Bertz CT molecular complexity index is 720. The van der Waals surface area contributed by atoms with Gasteiger partial charge in [0, 0.05) is 0 Å². The molecule has 0 unspecified atom stereocenters. The molecule has 0 bridgehead atoms. The molecule has 0 aliphatic carbocycles. The maximum Gasteiger partial charge on any atom is 0.118 e. The van der Waals surface area contributed by atoms with Crippen molar-refractivity contribution in [2.24, 2.45) is 0 Å². The lowest BCUT2D eigenvalue weighted by molar-refractivity contribution is 0.466. The van der Waals surface area contributed by atoms with Crippen LogP contribution >= 0.6 is 0 Å². The van der Waals surface area contributed by atoms with Crippen LogP contribution in [-0.2, 0) is 6.42 Å². The Balaban J connectivity index is 0.000000263. The molecule has 3 nitrogen and oxygen atoms in total. The molecule has 3 rings (SSSR count). The largest absolute Gasteiger partial charge is 0.508 e. The lowest BCUT2D eigenvalue weighted by Crippen LogP contribution is -1.87. The van der Waals surface area contributed by atoms with Gasteiger partial charge in [0.15, 0.2) is 0 Å². The molecule has 0 saturated carbocycles. The molecule has 0 radical (unpaired) electrons. The summed E-state index contributed by atoms with van der Waals surface area (Å²) in [7, 11) is 0. The van der Waals surface area contributed by atoms with E-state index in [9.17, 15) is 5.11 Å². The first-order valence-electron chi connectivity index (χ1n) is 10.9. The number of phenolic OH excluding ortho intramolecular Hbond substituents is 3. The summed E-state index contributed by atoms with van der Waals surface area (Å²) in [6, 6.07) is 25.1. The van der Waals surface area contributed by atoms with Crippen LogP contribution in [0, 0.1) is 0 Å². The standard InChI is InChI=1S/C15H24O.2C6H6O/c1-2-3-4-5-6-7-8-11-14-12-9-10-13-15(14)16;2*7-6-4-2-1-3-5-6/h9-10,12-13,16H,2-8,11H2,1H3;2*1-5,7H. The summed E-state index contributed by atoms with van der Waals surface area (Å²) in [5.74, 6) is 1.10. The maximum atomic E-state index is 9.58. The van der Waals surface area contributed by atoms with E-state index in [1.807, 2.05) is 30.3 Å². The third-order valence-electron chi connectivity index (χ3n) is 4.55. The van der Waals surface area contributed by atoms with Crippen molar-refractivity contribution in [1.82, 2.24) is 0 Å². The molecule has 30 heavy (non-hydrogen) atoms. The van der Waals surface area contributed by atoms with Gasteiger partial charge >= 0.3 is 0 Å². The summed E-state index contributed by atoms with van der Waals surface area (Å²) < 4.78 is 0. The molecular formula is C27H36O3. The van der Waals surface area contributed by atoms with E-state index in [0.29, 0.717) is 17.2 Å². The summed E-state index contributed by atoms with van der Waals surface area (Å²) in [6.07, 6.45) is 10.3. The summed E-state index contributed by atoms with van der Waals surface area (Å²) >= 11 is 0. The van der Waals surface area contributed by atoms with Gasteiger partial charge in [-0.2, -0.15) is 0 Å². The van der Waals surface area contributed by atoms with Crippen LogP contribution in [0.1, 0.15) is 57.4 Å². The normalized spacial score (nSPS) is 9.63. The van der Waals surface area contributed by atoms with Crippen molar-refractivity contribution < 1.29 is 15.3 Å². The van der Waals surface area contributed by atoms with E-state index in [-0.39, 0.29) is 0 Å². The van der Waals surface area contributed by atoms with E-state index < -0.39 is 0 Å². The van der Waals surface area contributed by atoms with E-state index in [4.69, 9.17) is 10.2 Å². The molecule has 0 aliphatic rings. The van der Waals surface area contributed by atoms with E-state index in [1.165, 1.54) is 44.9 Å². The molecule has 0 heterocycles. The molecule has 3 aromatic carbocycles. The average molecular weight is 409 g/mol. The monoisotopic (exact) mass is 408 g/mol. The number of hydrogen-bond donors (Lipinski definition) is 3. The molecule has 0 atom stereocenters. The molecule has 3 N–H and O–H groups in total. The molecule has 3 aromatic rings. The third-order valence-corrected chi connectivity index (χ3v) is 4.55. The summed E-state index contributed by atoms with van der Waals surface area (Å²) in [6.45, 7) is 2.25. The second kappa shape index (κ2) is 17.0. The second-order valence-electron chi connectivity index (χ2n) is 7.17. The van der Waals surface area contributed by atoms with Gasteiger partial charge in [-0.15, -0.1) is 0 Å². The zero-order valence-corrected chi connectivity index (χ0v) is 18.1. The van der Waals surface area contributed by atoms with Gasteiger partial charge in [0.1, 0.15) is 17.2 Å². The Morgan fingerprint density at radius 2 is 0.933 bits per heavy atom. The van der Waals surface area contributed by atoms with Crippen molar-refractivity contribution in [2.45, 2.75) is 58.3 Å². The van der Waals surface area contributed by atoms with Crippen molar-refractivity contribution in [3.8, 4) is 17.2 Å². The average Bonchev–Trinajstić information content (AvgIpc) is 2.76. The van der Waals surface area contributed by atoms with E-state index >= 15 is 0 Å². The van der Waals surface area contributed by atoms with Gasteiger partial charge in [0.2, 0.25) is 0 Å². The lowest BCUT2D eigenvalue weighted by Gasteiger charge is -2.04. The van der Waals surface area contributed by atoms with Crippen molar-refractivity contribution in [2.75, 3.05) is 0 Å². The van der Waals surface area contributed by atoms with Crippen molar-refractivity contribution in [3.05, 3.63) is 90.5 Å². The van der Waals surface area contributed by atoms with E-state index in [0.717, 1.165) is 12.0 Å². The number of hydrogen-bond acceptors (Lipinski definition) is 3. The predicted octanol–water partition coefficient (Wildman–Crippen LogP) is 7.47. The third kappa shape index (κ3) is 13.3. The fraction of sp³-hybridized carbons (Fsp3) is 0.333. The van der Waals surface area contributed by atoms with Crippen LogP contribution in [0.25, 0.3) is 0 Å². The first-order valence-corrected chi connectivity index (χ1v) is 10.9. The maximum absolute atomic E-state index is 9.58. The molecule has 0 aromatic heterocycles. The lowest BCUT2D eigenvalue weighted by atomic mass is 10.0. The Morgan fingerprint density at radius 3 is 1.37 bits per heavy atom. The number of unbranched alkanes of at least 4 members (excludes halogenated alkanes) is 6. The highest BCUT2D eigenvalue weighted by Gasteiger charge is 1.98. The molecule has 3 heteroatoms. The second-order valence-corrected chi connectivity index (χ2v) is 7.17. The Hall–Kier alpha value is -2.94. The number of benzene rings is 3. The van der Waals surface area contributed by atoms with Crippen molar-refractivity contribution in [1.29, 1.82) is 0 Å². The molecule has 0 aliphatic heterocycles.